The normalized spacial score (nSPS) is 27.5. The number of allylic oxidation sites excluding steroid dienone is 1. The van der Waals surface area contributed by atoms with Gasteiger partial charge in [-0.2, -0.15) is 17.6 Å². The predicted octanol–water partition coefficient (Wildman–Crippen LogP) is 10.2. The van der Waals surface area contributed by atoms with Gasteiger partial charge in [-0.3, -0.25) is 0 Å². The highest BCUT2D eigenvalue weighted by atomic mass is 19.4. The minimum Gasteiger partial charge on any atom is -0.429 e. The summed E-state index contributed by atoms with van der Waals surface area (Å²) in [6, 6.07) is 0.798. The Hall–Kier alpha value is -2.91. The molecule has 2 saturated carbocycles. The molecule has 2 aromatic carbocycles. The molecule has 5 rings (SSSR count). The monoisotopic (exact) mass is 702 g/mol. The topological polar surface area (TPSA) is 36.9 Å². The number of halogens is 11. The standard InChI is InChI=1S/C33H33F11O4/c1-2-17-3-5-19(6-4-17)22-15-45-30(46-16-22)20-9-7-18(8-10-20)21-11-24(34)28(25(35)12-21)31(38,39)47-23-13-26(36)29(27(37)14-23)32(40,41)48-33(42,43)44/h2,11-14,17-20,22,30H,1,3-10,15-16H2. The van der Waals surface area contributed by atoms with Crippen molar-refractivity contribution in [2.45, 2.75) is 82.2 Å². The molecule has 0 bridgehead atoms. The van der Waals surface area contributed by atoms with Gasteiger partial charge >= 0.3 is 18.6 Å². The summed E-state index contributed by atoms with van der Waals surface area (Å²) < 4.78 is 171. The molecule has 15 heteroatoms. The molecule has 2 aliphatic carbocycles. The molecule has 1 saturated heterocycles. The summed E-state index contributed by atoms with van der Waals surface area (Å²) in [5.41, 5.74) is -4.37. The van der Waals surface area contributed by atoms with Gasteiger partial charge in [0, 0.05) is 24.0 Å². The second-order valence-electron chi connectivity index (χ2n) is 12.6. The molecular weight excluding hydrogens is 669 g/mol. The Morgan fingerprint density at radius 3 is 1.60 bits per heavy atom. The average Bonchev–Trinajstić information content (AvgIpc) is 2.99. The molecule has 0 atom stereocenters. The first-order valence-corrected chi connectivity index (χ1v) is 15.5. The third kappa shape index (κ3) is 8.27. The van der Waals surface area contributed by atoms with Gasteiger partial charge in [-0.15, -0.1) is 19.8 Å². The van der Waals surface area contributed by atoms with Crippen LogP contribution in [0.4, 0.5) is 48.3 Å². The van der Waals surface area contributed by atoms with Crippen LogP contribution in [0.5, 0.6) is 5.75 Å². The van der Waals surface area contributed by atoms with Crippen LogP contribution in [0, 0.1) is 46.9 Å². The Labute approximate surface area is 269 Å². The molecule has 266 valence electrons. The van der Waals surface area contributed by atoms with Crippen molar-refractivity contribution in [2.75, 3.05) is 13.2 Å². The maximum absolute atomic E-state index is 15.0. The van der Waals surface area contributed by atoms with Gasteiger partial charge in [-0.05, 0) is 86.8 Å². The van der Waals surface area contributed by atoms with E-state index in [-0.39, 0.29) is 29.5 Å². The predicted molar refractivity (Wildman–Crippen MR) is 148 cm³/mol. The second kappa shape index (κ2) is 14.1. The van der Waals surface area contributed by atoms with Gasteiger partial charge in [0.15, 0.2) is 6.29 Å². The van der Waals surface area contributed by atoms with Crippen LogP contribution in [-0.2, 0) is 26.4 Å². The fraction of sp³-hybridized carbons (Fsp3) is 0.576. The van der Waals surface area contributed by atoms with Crippen LogP contribution in [0.1, 0.15) is 74.0 Å². The maximum atomic E-state index is 15.0. The van der Waals surface area contributed by atoms with Crippen LogP contribution in [0.15, 0.2) is 36.9 Å². The lowest BCUT2D eigenvalue weighted by Gasteiger charge is -2.41. The number of rotatable bonds is 9. The average molecular weight is 703 g/mol. The van der Waals surface area contributed by atoms with Crippen molar-refractivity contribution in [1.82, 2.24) is 0 Å². The zero-order chi connectivity index (χ0) is 35.0. The van der Waals surface area contributed by atoms with Crippen molar-refractivity contribution in [2.24, 2.45) is 23.7 Å². The van der Waals surface area contributed by atoms with Crippen LogP contribution < -0.4 is 4.74 Å². The van der Waals surface area contributed by atoms with Gasteiger partial charge in [0.2, 0.25) is 0 Å². The SMILES string of the molecule is C=CC1CCC(C2COC(C3CCC(c4cc(F)c(C(F)(F)Oc5cc(F)c(C(F)(F)OC(F)(F)F)c(F)c5)c(F)c4)CC3)OC2)CC1. The largest absolute Gasteiger partial charge is 0.527 e. The summed E-state index contributed by atoms with van der Waals surface area (Å²) in [5.74, 6) is -8.87. The fourth-order valence-corrected chi connectivity index (χ4v) is 7.04. The number of hydrogen-bond acceptors (Lipinski definition) is 4. The quantitative estimate of drug-likeness (QED) is 0.193. The van der Waals surface area contributed by atoms with Gasteiger partial charge in [0.25, 0.3) is 0 Å². The van der Waals surface area contributed by atoms with E-state index in [1.165, 1.54) is 0 Å². The van der Waals surface area contributed by atoms with Gasteiger partial charge < -0.3 is 14.2 Å². The summed E-state index contributed by atoms with van der Waals surface area (Å²) in [5, 5.41) is 0. The summed E-state index contributed by atoms with van der Waals surface area (Å²) in [7, 11) is 0. The van der Waals surface area contributed by atoms with Crippen LogP contribution >= 0.6 is 0 Å². The van der Waals surface area contributed by atoms with E-state index in [9.17, 15) is 48.3 Å². The van der Waals surface area contributed by atoms with E-state index in [0.717, 1.165) is 25.7 Å². The first kappa shape index (κ1) is 36.4. The van der Waals surface area contributed by atoms with E-state index in [2.05, 4.69) is 16.1 Å². The van der Waals surface area contributed by atoms with E-state index >= 15 is 0 Å². The zero-order valence-electron chi connectivity index (χ0n) is 25.4. The summed E-state index contributed by atoms with van der Waals surface area (Å²) in [4.78, 5) is 0. The van der Waals surface area contributed by atoms with E-state index in [1.54, 1.807) is 0 Å². The van der Waals surface area contributed by atoms with E-state index in [0.29, 0.717) is 68.8 Å². The first-order chi connectivity index (χ1) is 22.5. The Balaban J connectivity index is 1.19. The molecule has 1 aliphatic heterocycles. The minimum absolute atomic E-state index is 0.0394. The summed E-state index contributed by atoms with van der Waals surface area (Å²) in [6.07, 6.45) is -8.40. The van der Waals surface area contributed by atoms with Crippen molar-refractivity contribution in [3.63, 3.8) is 0 Å². The Kier molecular flexibility index (Phi) is 10.7. The molecule has 0 aromatic heterocycles. The lowest BCUT2D eigenvalue weighted by Crippen LogP contribution is -2.41. The summed E-state index contributed by atoms with van der Waals surface area (Å²) >= 11 is 0. The summed E-state index contributed by atoms with van der Waals surface area (Å²) in [6.45, 7) is 5.05. The fourth-order valence-electron chi connectivity index (χ4n) is 7.04. The number of hydrogen-bond donors (Lipinski definition) is 0. The molecule has 3 aliphatic rings. The lowest BCUT2D eigenvalue weighted by atomic mass is 9.75. The third-order valence-electron chi connectivity index (χ3n) is 9.55. The molecule has 0 unspecified atom stereocenters. The van der Waals surface area contributed by atoms with Crippen LogP contribution in [0.3, 0.4) is 0 Å². The Morgan fingerprint density at radius 2 is 1.10 bits per heavy atom. The molecule has 4 nitrogen and oxygen atoms in total. The van der Waals surface area contributed by atoms with Crippen LogP contribution in [0.25, 0.3) is 0 Å². The lowest BCUT2D eigenvalue weighted by molar-refractivity contribution is -0.432. The molecule has 3 fully saturated rings. The van der Waals surface area contributed by atoms with E-state index in [1.807, 2.05) is 6.08 Å². The van der Waals surface area contributed by atoms with Crippen molar-refractivity contribution in [3.8, 4) is 5.75 Å². The van der Waals surface area contributed by atoms with Crippen molar-refractivity contribution in [3.05, 3.63) is 76.9 Å². The highest BCUT2D eigenvalue weighted by molar-refractivity contribution is 5.35. The smallest absolute Gasteiger partial charge is 0.429 e. The molecule has 0 spiro atoms. The van der Waals surface area contributed by atoms with Gasteiger partial charge in [-0.25, -0.2) is 22.3 Å². The Bertz CT molecular complexity index is 1390. The first-order valence-electron chi connectivity index (χ1n) is 15.5. The van der Waals surface area contributed by atoms with Gasteiger partial charge in [0.05, 0.1) is 13.2 Å². The molecule has 48 heavy (non-hydrogen) atoms. The molecular formula is C33H33F11O4. The van der Waals surface area contributed by atoms with Crippen LogP contribution in [0.2, 0.25) is 0 Å². The van der Waals surface area contributed by atoms with E-state index in [4.69, 9.17) is 9.47 Å². The Morgan fingerprint density at radius 1 is 0.625 bits per heavy atom. The number of ether oxygens (including phenoxy) is 4. The number of alkyl halides is 7. The van der Waals surface area contributed by atoms with E-state index < -0.39 is 65.0 Å². The highest BCUT2D eigenvalue weighted by Gasteiger charge is 2.50. The van der Waals surface area contributed by atoms with Gasteiger partial charge in [-0.1, -0.05) is 6.08 Å². The molecule has 2 aromatic rings. The highest BCUT2D eigenvalue weighted by Crippen LogP contribution is 2.44. The molecule has 0 N–H and O–H groups in total. The zero-order valence-corrected chi connectivity index (χ0v) is 25.4. The second-order valence-corrected chi connectivity index (χ2v) is 12.6. The van der Waals surface area contributed by atoms with Gasteiger partial charge in [0.1, 0.15) is 40.1 Å². The molecule has 0 radical (unpaired) electrons. The molecule has 0 amide bonds. The van der Waals surface area contributed by atoms with Crippen LogP contribution in [-0.4, -0.2) is 25.9 Å². The number of benzene rings is 2. The van der Waals surface area contributed by atoms with Crippen molar-refractivity contribution >= 4 is 0 Å². The van der Waals surface area contributed by atoms with Crippen molar-refractivity contribution in [1.29, 1.82) is 0 Å². The minimum atomic E-state index is -6.02. The van der Waals surface area contributed by atoms with Crippen molar-refractivity contribution < 1.29 is 67.2 Å². The third-order valence-corrected chi connectivity index (χ3v) is 9.55. The molecule has 1 heterocycles. The maximum Gasteiger partial charge on any atom is 0.527 e.